The molecular formula is C17H23N5O3S. The van der Waals surface area contributed by atoms with Gasteiger partial charge in [-0.3, -0.25) is 0 Å². The molecule has 4 rings (SSSR count). The average Bonchev–Trinajstić information content (AvgIpc) is 3.25. The number of nitrogens with zero attached hydrogens (tertiary/aromatic N) is 3. The van der Waals surface area contributed by atoms with Crippen molar-refractivity contribution in [1.29, 1.82) is 0 Å². The number of hydrogen-bond donors (Lipinski definition) is 3. The van der Waals surface area contributed by atoms with E-state index in [1.165, 1.54) is 7.05 Å². The van der Waals surface area contributed by atoms with Gasteiger partial charge in [0.2, 0.25) is 10.0 Å². The fourth-order valence-corrected chi connectivity index (χ4v) is 5.23. The molecule has 9 heteroatoms. The highest BCUT2D eigenvalue weighted by Crippen LogP contribution is 2.37. The molecule has 140 valence electrons. The standard InChI is InChI=1S/C17H23N5O3S/c1-18-26(24,25)10-11-2-4-12(5-3-11)22-15(9-23)21-14-8-20-17-13(16(14)22)6-7-19-17/h6-8,11-12,18,23H,2-5,9-10H2,1H3,(H,19,20)/t11-,12-. The normalized spacial score (nSPS) is 21.6. The van der Waals surface area contributed by atoms with Crippen LogP contribution in [0.5, 0.6) is 0 Å². The third-order valence-electron chi connectivity index (χ3n) is 5.40. The molecule has 1 aliphatic carbocycles. The maximum Gasteiger partial charge on any atom is 0.211 e. The zero-order valence-corrected chi connectivity index (χ0v) is 15.5. The van der Waals surface area contributed by atoms with Crippen molar-refractivity contribution in [2.75, 3.05) is 12.8 Å². The minimum absolute atomic E-state index is 0.130. The topological polar surface area (TPSA) is 113 Å². The summed E-state index contributed by atoms with van der Waals surface area (Å²) < 4.78 is 28.1. The molecule has 0 unspecified atom stereocenters. The van der Waals surface area contributed by atoms with E-state index in [9.17, 15) is 13.5 Å². The molecule has 3 heterocycles. The van der Waals surface area contributed by atoms with Gasteiger partial charge in [0.05, 0.1) is 17.5 Å². The molecule has 0 amide bonds. The molecule has 1 aliphatic rings. The number of aromatic amines is 1. The SMILES string of the molecule is CNS(=O)(=O)C[C@H]1CC[C@H](n2c(CO)nc3cnc4[nH]ccc4c32)CC1. The van der Waals surface area contributed by atoms with Crippen LogP contribution in [0.2, 0.25) is 0 Å². The summed E-state index contributed by atoms with van der Waals surface area (Å²) in [5.41, 5.74) is 2.57. The van der Waals surface area contributed by atoms with Crippen LogP contribution in [0.15, 0.2) is 18.5 Å². The summed E-state index contributed by atoms with van der Waals surface area (Å²) >= 11 is 0. The second-order valence-electron chi connectivity index (χ2n) is 6.95. The van der Waals surface area contributed by atoms with Gasteiger partial charge in [-0.15, -0.1) is 0 Å². The molecule has 3 N–H and O–H groups in total. The lowest BCUT2D eigenvalue weighted by atomic mass is 9.87. The van der Waals surface area contributed by atoms with Gasteiger partial charge >= 0.3 is 0 Å². The Morgan fingerprint density at radius 3 is 2.81 bits per heavy atom. The van der Waals surface area contributed by atoms with Crippen LogP contribution >= 0.6 is 0 Å². The third-order valence-corrected chi connectivity index (χ3v) is 6.93. The van der Waals surface area contributed by atoms with Crippen LogP contribution in [0.4, 0.5) is 0 Å². The van der Waals surface area contributed by atoms with Crippen molar-refractivity contribution in [2.24, 2.45) is 5.92 Å². The zero-order chi connectivity index (χ0) is 18.3. The Morgan fingerprint density at radius 1 is 1.35 bits per heavy atom. The number of aromatic nitrogens is 4. The van der Waals surface area contributed by atoms with Gasteiger partial charge in [0.1, 0.15) is 23.6 Å². The summed E-state index contributed by atoms with van der Waals surface area (Å²) in [5.74, 6) is 0.992. The Hall–Kier alpha value is -1.97. The first-order chi connectivity index (χ1) is 12.5. The third kappa shape index (κ3) is 3.00. The highest BCUT2D eigenvalue weighted by molar-refractivity contribution is 7.89. The lowest BCUT2D eigenvalue weighted by molar-refractivity contribution is 0.243. The molecule has 0 atom stereocenters. The van der Waals surface area contributed by atoms with Crippen LogP contribution in [0, 0.1) is 5.92 Å². The van der Waals surface area contributed by atoms with Crippen LogP contribution < -0.4 is 4.72 Å². The number of aliphatic hydroxyl groups excluding tert-OH is 1. The summed E-state index contributed by atoms with van der Waals surface area (Å²) in [5, 5.41) is 10.8. The van der Waals surface area contributed by atoms with E-state index >= 15 is 0 Å². The predicted molar refractivity (Wildman–Crippen MR) is 99.1 cm³/mol. The van der Waals surface area contributed by atoms with Crippen molar-refractivity contribution >= 4 is 32.1 Å². The van der Waals surface area contributed by atoms with E-state index in [4.69, 9.17) is 0 Å². The zero-order valence-electron chi connectivity index (χ0n) is 14.6. The van der Waals surface area contributed by atoms with Gasteiger partial charge in [-0.2, -0.15) is 0 Å². The van der Waals surface area contributed by atoms with Crippen LogP contribution in [0.25, 0.3) is 22.1 Å². The number of hydrogen-bond acceptors (Lipinski definition) is 5. The van der Waals surface area contributed by atoms with E-state index < -0.39 is 10.0 Å². The Bertz CT molecular complexity index is 1030. The highest BCUT2D eigenvalue weighted by atomic mass is 32.2. The van der Waals surface area contributed by atoms with Crippen molar-refractivity contribution in [3.05, 3.63) is 24.3 Å². The quantitative estimate of drug-likeness (QED) is 0.626. The van der Waals surface area contributed by atoms with Gasteiger partial charge in [-0.25, -0.2) is 23.1 Å². The minimum atomic E-state index is -3.18. The Labute approximate surface area is 151 Å². The number of pyridine rings is 1. The number of H-pyrrole nitrogens is 1. The fraction of sp³-hybridized carbons (Fsp3) is 0.529. The van der Waals surface area contributed by atoms with E-state index in [0.717, 1.165) is 47.8 Å². The molecule has 3 aromatic heterocycles. The summed E-state index contributed by atoms with van der Waals surface area (Å²) in [4.78, 5) is 12.1. The van der Waals surface area contributed by atoms with Gasteiger partial charge in [-0.1, -0.05) is 0 Å². The molecule has 0 spiro atoms. The molecule has 0 radical (unpaired) electrons. The molecule has 0 bridgehead atoms. The van der Waals surface area contributed by atoms with Gasteiger partial charge in [-0.05, 0) is 44.7 Å². The first kappa shape index (κ1) is 17.4. The van der Waals surface area contributed by atoms with E-state index in [1.807, 2.05) is 12.3 Å². The van der Waals surface area contributed by atoms with Crippen LogP contribution in [0.1, 0.15) is 37.5 Å². The van der Waals surface area contributed by atoms with Crippen molar-refractivity contribution in [2.45, 2.75) is 38.3 Å². The number of sulfonamides is 1. The Balaban J connectivity index is 1.66. The predicted octanol–water partition coefficient (Wildman–Crippen LogP) is 1.69. The second kappa shape index (κ2) is 6.64. The lowest BCUT2D eigenvalue weighted by Crippen LogP contribution is -2.29. The molecule has 0 aromatic carbocycles. The molecule has 0 aliphatic heterocycles. The summed E-state index contributed by atoms with van der Waals surface area (Å²) in [6.07, 6.45) is 7.02. The Morgan fingerprint density at radius 2 is 2.12 bits per heavy atom. The molecule has 1 fully saturated rings. The van der Waals surface area contributed by atoms with Crippen molar-refractivity contribution in [3.63, 3.8) is 0 Å². The van der Waals surface area contributed by atoms with Gasteiger partial charge in [0, 0.05) is 17.6 Å². The number of fused-ring (bicyclic) bond motifs is 3. The van der Waals surface area contributed by atoms with Gasteiger partial charge in [0.25, 0.3) is 0 Å². The summed E-state index contributed by atoms with van der Waals surface area (Å²) in [6.45, 7) is -0.130. The van der Waals surface area contributed by atoms with Crippen molar-refractivity contribution in [1.82, 2.24) is 24.2 Å². The number of aliphatic hydroxyl groups is 1. The largest absolute Gasteiger partial charge is 0.388 e. The molecule has 1 saturated carbocycles. The van der Waals surface area contributed by atoms with Crippen LogP contribution in [-0.2, 0) is 16.6 Å². The average molecular weight is 377 g/mol. The van der Waals surface area contributed by atoms with Gasteiger partial charge < -0.3 is 14.7 Å². The maximum absolute atomic E-state index is 11.8. The molecule has 0 saturated heterocycles. The fourth-order valence-electron chi connectivity index (χ4n) is 4.11. The minimum Gasteiger partial charge on any atom is -0.388 e. The smallest absolute Gasteiger partial charge is 0.211 e. The van der Waals surface area contributed by atoms with E-state index in [-0.39, 0.29) is 24.3 Å². The summed E-state index contributed by atoms with van der Waals surface area (Å²) in [6, 6.07) is 2.19. The number of imidazole rings is 1. The first-order valence-electron chi connectivity index (χ1n) is 8.87. The first-order valence-corrected chi connectivity index (χ1v) is 10.5. The van der Waals surface area contributed by atoms with E-state index in [0.29, 0.717) is 5.82 Å². The monoisotopic (exact) mass is 377 g/mol. The second-order valence-corrected chi connectivity index (χ2v) is 8.92. The number of nitrogens with one attached hydrogen (secondary N) is 2. The molecule has 26 heavy (non-hydrogen) atoms. The molecule has 8 nitrogen and oxygen atoms in total. The Kier molecular flexibility index (Phi) is 4.45. The number of rotatable bonds is 5. The summed E-state index contributed by atoms with van der Waals surface area (Å²) in [7, 11) is -1.72. The van der Waals surface area contributed by atoms with E-state index in [1.54, 1.807) is 6.20 Å². The van der Waals surface area contributed by atoms with Crippen molar-refractivity contribution in [3.8, 4) is 0 Å². The maximum atomic E-state index is 11.8. The van der Waals surface area contributed by atoms with Crippen molar-refractivity contribution < 1.29 is 13.5 Å². The lowest BCUT2D eigenvalue weighted by Gasteiger charge is -2.30. The van der Waals surface area contributed by atoms with Crippen LogP contribution in [0.3, 0.4) is 0 Å². The van der Waals surface area contributed by atoms with Crippen LogP contribution in [-0.4, -0.2) is 45.8 Å². The molecule has 3 aromatic rings. The molecular weight excluding hydrogens is 354 g/mol. The van der Waals surface area contributed by atoms with E-state index in [2.05, 4.69) is 24.2 Å². The highest BCUT2D eigenvalue weighted by Gasteiger charge is 2.28. The van der Waals surface area contributed by atoms with Gasteiger partial charge in [0.15, 0.2) is 0 Å².